The predicted molar refractivity (Wildman–Crippen MR) is 225 cm³/mol. The Hall–Kier alpha value is -5.08. The number of hydrogen-bond donors (Lipinski definition) is 0. The van der Waals surface area contributed by atoms with Gasteiger partial charge in [-0.05, 0) is 128 Å². The van der Waals surface area contributed by atoms with Gasteiger partial charge in [0.15, 0.2) is 11.2 Å². The third-order valence-corrected chi connectivity index (χ3v) is 12.8. The minimum atomic E-state index is -2.62. The zero-order valence-corrected chi connectivity index (χ0v) is 33.9. The maximum absolute atomic E-state index is 13.7. The van der Waals surface area contributed by atoms with Crippen molar-refractivity contribution in [1.29, 1.82) is 0 Å². The molecule has 0 saturated carbocycles. The molecule has 10 rings (SSSR count). The predicted octanol–water partition coefficient (Wildman–Crippen LogP) is 7.18. The van der Waals surface area contributed by atoms with E-state index >= 15 is 0 Å². The summed E-state index contributed by atoms with van der Waals surface area (Å²) in [5.41, 5.74) is 3.62. The molecule has 4 aliphatic heterocycles. The van der Waals surface area contributed by atoms with E-state index in [4.69, 9.17) is 22.3 Å². The third kappa shape index (κ3) is 8.32. The van der Waals surface area contributed by atoms with Gasteiger partial charge in [-0.3, -0.25) is 18.7 Å². The van der Waals surface area contributed by atoms with Gasteiger partial charge in [0.25, 0.3) is 11.1 Å². The maximum Gasteiger partial charge on any atom is 0.256 e. The van der Waals surface area contributed by atoms with Crippen molar-refractivity contribution in [1.82, 2.24) is 39.2 Å². The van der Waals surface area contributed by atoms with E-state index in [9.17, 15) is 18.4 Å². The molecule has 0 unspecified atom stereocenters. The molecule has 0 N–H and O–H groups in total. The second-order valence-corrected chi connectivity index (χ2v) is 16.6. The Morgan fingerprint density at radius 1 is 0.717 bits per heavy atom. The van der Waals surface area contributed by atoms with E-state index in [-0.39, 0.29) is 58.8 Å². The zero-order valence-electron chi connectivity index (χ0n) is 39.9. The van der Waals surface area contributed by atoms with Crippen molar-refractivity contribution in [2.75, 3.05) is 39.3 Å². The van der Waals surface area contributed by atoms with Gasteiger partial charge in [0.1, 0.15) is 23.3 Å². The molecule has 12 nitrogen and oxygen atoms in total. The summed E-state index contributed by atoms with van der Waals surface area (Å²) >= 11 is 0. The fourth-order valence-electron chi connectivity index (χ4n) is 9.40. The molecule has 0 radical (unpaired) electrons. The van der Waals surface area contributed by atoms with E-state index in [0.29, 0.717) is 55.2 Å². The first-order valence-corrected chi connectivity index (χ1v) is 21.3. The molecule has 0 amide bonds. The van der Waals surface area contributed by atoms with Crippen LogP contribution in [0.5, 0.6) is 0 Å². The van der Waals surface area contributed by atoms with Crippen LogP contribution < -0.4 is 11.1 Å². The molecule has 4 aromatic heterocycles. The molecule has 2 aromatic carbocycles. The van der Waals surface area contributed by atoms with Crippen LogP contribution in [0.2, 0.25) is 0 Å². The van der Waals surface area contributed by atoms with Crippen molar-refractivity contribution in [3.63, 3.8) is 0 Å². The largest absolute Gasteiger partial charge is 0.356 e. The number of hydrogen-bond acceptors (Lipinski definition) is 10. The normalized spacial score (nSPS) is 20.6. The van der Waals surface area contributed by atoms with Crippen LogP contribution >= 0.6 is 0 Å². The van der Waals surface area contributed by atoms with Gasteiger partial charge in [0, 0.05) is 103 Å². The minimum absolute atomic E-state index is 0.0866. The lowest BCUT2D eigenvalue weighted by molar-refractivity contribution is 0.211. The van der Waals surface area contributed by atoms with E-state index in [1.165, 1.54) is 22.8 Å². The van der Waals surface area contributed by atoms with Crippen LogP contribution in [0.3, 0.4) is 0 Å². The Bertz CT molecular complexity index is 2880. The lowest BCUT2D eigenvalue weighted by Crippen LogP contribution is -2.37. The highest BCUT2D eigenvalue weighted by Crippen LogP contribution is 2.34. The van der Waals surface area contributed by atoms with Gasteiger partial charge in [-0.2, -0.15) is 0 Å². The average molecular weight is 827 g/mol. The molecule has 2 fully saturated rings. The number of nitrogens with zero attached hydrogens (tertiary/aromatic N) is 8. The second kappa shape index (κ2) is 17.5. The summed E-state index contributed by atoms with van der Waals surface area (Å²) in [5, 5.41) is 9.91. The van der Waals surface area contributed by atoms with Crippen molar-refractivity contribution >= 4 is 21.9 Å². The Labute approximate surface area is 356 Å². The number of aromatic nitrogens is 6. The van der Waals surface area contributed by atoms with Crippen LogP contribution in [0.4, 0.5) is 8.78 Å². The van der Waals surface area contributed by atoms with Crippen molar-refractivity contribution in [2.45, 2.75) is 116 Å². The van der Waals surface area contributed by atoms with E-state index in [0.717, 1.165) is 106 Å². The summed E-state index contributed by atoms with van der Waals surface area (Å²) in [4.78, 5) is 39.7. The summed E-state index contributed by atoms with van der Waals surface area (Å²) in [7, 11) is 0. The summed E-state index contributed by atoms with van der Waals surface area (Å²) in [5.74, 6) is 0.315. The summed E-state index contributed by atoms with van der Waals surface area (Å²) in [6, 6.07) is 7.17. The lowest BCUT2D eigenvalue weighted by atomic mass is 9.91. The smallest absolute Gasteiger partial charge is 0.256 e. The standard InChI is InChI=1S/2C23H27FN4O2/c2*1-15-18(23(29)28-10-3-2-4-21(28)25-15)9-13-27-11-7-16(8-12-27)22-19-6-5-17(24)14-20(19)30-26-22/h2*5-6,14,16H,2-4,7-13H2,1H3/i1D3,4D2,14D;. The molecule has 14 heteroatoms. The molecule has 0 aliphatic carbocycles. The molecule has 6 aromatic rings. The van der Waals surface area contributed by atoms with Crippen LogP contribution in [0.1, 0.15) is 117 Å². The topological polar surface area (TPSA) is 128 Å². The van der Waals surface area contributed by atoms with E-state index < -0.39 is 24.6 Å². The van der Waals surface area contributed by atoms with Crippen molar-refractivity contribution in [2.24, 2.45) is 0 Å². The molecular weight excluding hydrogens is 767 g/mol. The summed E-state index contributed by atoms with van der Waals surface area (Å²) in [6.45, 7) is 5.13. The van der Waals surface area contributed by atoms with Gasteiger partial charge in [-0.1, -0.05) is 10.3 Å². The van der Waals surface area contributed by atoms with Crippen molar-refractivity contribution < 1.29 is 26.1 Å². The van der Waals surface area contributed by atoms with Crippen LogP contribution in [0, 0.1) is 25.4 Å². The molecule has 0 atom stereocenters. The Morgan fingerprint density at radius 2 is 1.27 bits per heavy atom. The van der Waals surface area contributed by atoms with Crippen LogP contribution in [0.15, 0.2) is 55.0 Å². The minimum Gasteiger partial charge on any atom is -0.356 e. The molecule has 0 bridgehead atoms. The first kappa shape index (κ1) is 33.6. The van der Waals surface area contributed by atoms with Gasteiger partial charge in [-0.25, -0.2) is 18.7 Å². The van der Waals surface area contributed by atoms with Crippen LogP contribution in [-0.2, 0) is 38.7 Å². The van der Waals surface area contributed by atoms with E-state index in [1.54, 1.807) is 12.1 Å². The number of likely N-dealkylation sites (tertiary alicyclic amines) is 2. The monoisotopic (exact) mass is 826 g/mol. The summed E-state index contributed by atoms with van der Waals surface area (Å²) in [6.07, 6.45) is 6.38. The van der Waals surface area contributed by atoms with Crippen molar-refractivity contribution in [3.8, 4) is 0 Å². The quantitative estimate of drug-likeness (QED) is 0.156. The molecular formula is C46H54F2N8O4. The van der Waals surface area contributed by atoms with Gasteiger partial charge < -0.3 is 18.8 Å². The Morgan fingerprint density at radius 3 is 1.92 bits per heavy atom. The van der Waals surface area contributed by atoms with Gasteiger partial charge >= 0.3 is 0 Å². The number of rotatable bonds is 8. The molecule has 2 saturated heterocycles. The van der Waals surface area contributed by atoms with Gasteiger partial charge in [-0.15, -0.1) is 0 Å². The second-order valence-electron chi connectivity index (χ2n) is 16.6. The molecule has 316 valence electrons. The van der Waals surface area contributed by atoms with E-state index in [2.05, 4.69) is 25.1 Å². The SMILES string of the molecule is Cc1nc2n(c(=O)c1CCN1CCC(c3noc4cc(F)ccc34)CC1)CCCC2.[2H]c1c(F)ccc2c(C3CCN(CCc4c(C([2H])([2H])[2H])nc5n(c4=O)CCCC5([2H])[2H])CC3)noc12. The average Bonchev–Trinajstić information content (AvgIpc) is 3.92. The van der Waals surface area contributed by atoms with E-state index in [1.807, 2.05) is 11.5 Å². The molecule has 4 aliphatic rings. The number of aryl methyl sites for hydroxylation is 4. The van der Waals surface area contributed by atoms with Crippen LogP contribution in [0.25, 0.3) is 21.9 Å². The van der Waals surface area contributed by atoms with Crippen LogP contribution in [-0.4, -0.2) is 78.5 Å². The highest BCUT2D eigenvalue weighted by molar-refractivity contribution is 5.80. The first-order chi connectivity index (χ1) is 31.6. The third-order valence-electron chi connectivity index (χ3n) is 12.8. The molecule has 0 spiro atoms. The van der Waals surface area contributed by atoms with Gasteiger partial charge in [0.2, 0.25) is 0 Å². The number of benzene rings is 2. The first-order valence-electron chi connectivity index (χ1n) is 24.3. The highest BCUT2D eigenvalue weighted by atomic mass is 19.1. The number of piperidine rings is 2. The van der Waals surface area contributed by atoms with Crippen molar-refractivity contribution in [3.05, 3.63) is 114 Å². The Balaban J connectivity index is 0.000000169. The summed E-state index contributed by atoms with van der Waals surface area (Å²) < 4.78 is 88.8. The molecule has 60 heavy (non-hydrogen) atoms. The van der Waals surface area contributed by atoms with Gasteiger partial charge in [0.05, 0.1) is 12.8 Å². The Kier molecular flexibility index (Phi) is 9.80. The zero-order chi connectivity index (χ0) is 46.5. The fraction of sp³-hybridized carbons (Fsp3) is 0.522. The molecule has 8 heterocycles. The highest BCUT2D eigenvalue weighted by Gasteiger charge is 2.28. The maximum atomic E-state index is 13.7. The lowest BCUT2D eigenvalue weighted by Gasteiger charge is -2.31. The number of fused-ring (bicyclic) bond motifs is 4. The number of halogens is 2. The fourth-order valence-corrected chi connectivity index (χ4v) is 9.40.